The van der Waals surface area contributed by atoms with Gasteiger partial charge in [0.05, 0.1) is 12.6 Å². The van der Waals surface area contributed by atoms with E-state index >= 15 is 0 Å². The van der Waals surface area contributed by atoms with Gasteiger partial charge in [-0.15, -0.1) is 11.6 Å². The minimum absolute atomic E-state index is 0.0930. The summed E-state index contributed by atoms with van der Waals surface area (Å²) in [5, 5.41) is 11.3. The van der Waals surface area contributed by atoms with Crippen LogP contribution in [-0.2, 0) is 11.2 Å². The van der Waals surface area contributed by atoms with Crippen LogP contribution in [0.1, 0.15) is 12.5 Å². The average molecular weight is 242 g/mol. The molecule has 1 aromatic rings. The first kappa shape index (κ1) is 13.0. The number of halogens is 1. The van der Waals surface area contributed by atoms with Gasteiger partial charge in [0, 0.05) is 0 Å². The van der Waals surface area contributed by atoms with Crippen molar-refractivity contribution in [2.24, 2.45) is 0 Å². The summed E-state index contributed by atoms with van der Waals surface area (Å²) < 4.78 is 0. The molecule has 1 aromatic carbocycles. The molecule has 2 N–H and O–H groups in total. The van der Waals surface area contributed by atoms with Crippen LogP contribution >= 0.6 is 11.6 Å². The van der Waals surface area contributed by atoms with Gasteiger partial charge in [-0.2, -0.15) is 0 Å². The maximum atomic E-state index is 11.3. The highest BCUT2D eigenvalue weighted by atomic mass is 35.5. The second-order valence-electron chi connectivity index (χ2n) is 3.69. The third-order valence-corrected chi connectivity index (χ3v) is 2.45. The first-order chi connectivity index (χ1) is 7.63. The van der Waals surface area contributed by atoms with Crippen LogP contribution in [0.25, 0.3) is 0 Å². The molecule has 0 radical (unpaired) electrons. The van der Waals surface area contributed by atoms with Crippen molar-refractivity contribution < 1.29 is 9.90 Å². The molecule has 1 rings (SSSR count). The van der Waals surface area contributed by atoms with Crippen LogP contribution in [0.3, 0.4) is 0 Å². The maximum absolute atomic E-state index is 11.3. The fourth-order valence-electron chi connectivity index (χ4n) is 1.38. The van der Waals surface area contributed by atoms with Crippen LogP contribution in [0, 0.1) is 0 Å². The molecule has 88 valence electrons. The Morgan fingerprint density at radius 1 is 1.44 bits per heavy atom. The second kappa shape index (κ2) is 6.51. The molecule has 1 unspecified atom stereocenters. The zero-order valence-corrected chi connectivity index (χ0v) is 9.95. The van der Waals surface area contributed by atoms with Gasteiger partial charge in [-0.25, -0.2) is 0 Å². The van der Waals surface area contributed by atoms with Gasteiger partial charge < -0.3 is 10.4 Å². The molecule has 0 heterocycles. The average Bonchev–Trinajstić information content (AvgIpc) is 2.29. The minimum Gasteiger partial charge on any atom is -0.394 e. The van der Waals surface area contributed by atoms with Crippen molar-refractivity contribution in [2.75, 3.05) is 6.61 Å². The maximum Gasteiger partial charge on any atom is 0.238 e. The molecule has 4 heteroatoms. The topological polar surface area (TPSA) is 49.3 Å². The van der Waals surface area contributed by atoms with Crippen molar-refractivity contribution in [2.45, 2.75) is 24.8 Å². The van der Waals surface area contributed by atoms with Crippen molar-refractivity contribution >= 4 is 17.5 Å². The number of rotatable bonds is 5. The standard InChI is InChI=1S/C12H16ClNO2/c1-9(13)12(16)14-11(8-15)7-10-5-3-2-4-6-10/h2-6,9,11,15H,7-8H2,1H3,(H,14,16)/t9?,11-/m1/s1. The Labute approximate surface area is 100 Å². The van der Waals surface area contributed by atoms with Crippen LogP contribution in [0.5, 0.6) is 0 Å². The number of amides is 1. The lowest BCUT2D eigenvalue weighted by Gasteiger charge is -2.17. The van der Waals surface area contributed by atoms with E-state index in [2.05, 4.69) is 5.32 Å². The summed E-state index contributed by atoms with van der Waals surface area (Å²) in [6.07, 6.45) is 0.604. The Bertz CT molecular complexity index is 327. The highest BCUT2D eigenvalue weighted by Crippen LogP contribution is 2.04. The predicted molar refractivity (Wildman–Crippen MR) is 64.5 cm³/mol. The lowest BCUT2D eigenvalue weighted by atomic mass is 10.1. The van der Waals surface area contributed by atoms with Crippen LogP contribution in [-0.4, -0.2) is 29.0 Å². The number of nitrogens with one attached hydrogen (secondary N) is 1. The summed E-state index contributed by atoms with van der Waals surface area (Å²) in [5.41, 5.74) is 1.07. The van der Waals surface area contributed by atoms with Crippen molar-refractivity contribution in [3.05, 3.63) is 35.9 Å². The van der Waals surface area contributed by atoms with Gasteiger partial charge in [0.1, 0.15) is 5.38 Å². The van der Waals surface area contributed by atoms with Crippen LogP contribution < -0.4 is 5.32 Å². The number of hydrogen-bond donors (Lipinski definition) is 2. The number of aliphatic hydroxyl groups excluding tert-OH is 1. The summed E-state index contributed by atoms with van der Waals surface area (Å²) in [7, 11) is 0. The van der Waals surface area contributed by atoms with Crippen LogP contribution in [0.4, 0.5) is 0 Å². The Morgan fingerprint density at radius 3 is 2.56 bits per heavy atom. The van der Waals surface area contributed by atoms with Gasteiger partial charge in [-0.1, -0.05) is 30.3 Å². The summed E-state index contributed by atoms with van der Waals surface area (Å²) in [6, 6.07) is 9.41. The summed E-state index contributed by atoms with van der Waals surface area (Å²) >= 11 is 5.64. The zero-order chi connectivity index (χ0) is 12.0. The fraction of sp³-hybridized carbons (Fsp3) is 0.417. The lowest BCUT2D eigenvalue weighted by Crippen LogP contribution is -2.42. The van der Waals surface area contributed by atoms with Gasteiger partial charge in [0.2, 0.25) is 5.91 Å². The summed E-state index contributed by atoms with van der Waals surface area (Å²) in [4.78, 5) is 11.3. The van der Waals surface area contributed by atoms with Gasteiger partial charge in [-0.05, 0) is 18.9 Å². The molecule has 1 amide bonds. The molecule has 0 aliphatic heterocycles. The van der Waals surface area contributed by atoms with E-state index in [9.17, 15) is 4.79 Å². The zero-order valence-electron chi connectivity index (χ0n) is 9.19. The van der Waals surface area contributed by atoms with E-state index in [0.717, 1.165) is 5.56 Å². The molecule has 0 saturated heterocycles. The largest absolute Gasteiger partial charge is 0.394 e. The van der Waals surface area contributed by atoms with E-state index in [1.54, 1.807) is 6.92 Å². The third kappa shape index (κ3) is 4.21. The van der Waals surface area contributed by atoms with Crippen molar-refractivity contribution in [1.29, 1.82) is 0 Å². The summed E-state index contributed by atoms with van der Waals surface area (Å²) in [5.74, 6) is -0.253. The molecule has 0 aliphatic rings. The molecular weight excluding hydrogens is 226 g/mol. The Hall–Kier alpha value is -1.06. The van der Waals surface area contributed by atoms with Gasteiger partial charge >= 0.3 is 0 Å². The molecule has 0 aromatic heterocycles. The molecule has 3 nitrogen and oxygen atoms in total. The number of aliphatic hydroxyl groups is 1. The van der Waals surface area contributed by atoms with Gasteiger partial charge in [0.25, 0.3) is 0 Å². The molecule has 2 atom stereocenters. The van der Waals surface area contributed by atoms with Crippen LogP contribution in [0.2, 0.25) is 0 Å². The molecule has 0 aliphatic carbocycles. The Kier molecular flexibility index (Phi) is 5.29. The minimum atomic E-state index is -0.579. The van der Waals surface area contributed by atoms with E-state index in [4.69, 9.17) is 16.7 Å². The van der Waals surface area contributed by atoms with E-state index in [-0.39, 0.29) is 18.6 Å². The van der Waals surface area contributed by atoms with Gasteiger partial charge in [0.15, 0.2) is 0 Å². The van der Waals surface area contributed by atoms with E-state index in [1.165, 1.54) is 0 Å². The highest BCUT2D eigenvalue weighted by Gasteiger charge is 2.15. The highest BCUT2D eigenvalue weighted by molar-refractivity contribution is 6.30. The number of benzene rings is 1. The van der Waals surface area contributed by atoms with Crippen LogP contribution in [0.15, 0.2) is 30.3 Å². The molecule has 0 bridgehead atoms. The number of hydrogen-bond acceptors (Lipinski definition) is 2. The molecular formula is C12H16ClNO2. The number of carbonyl (C=O) groups excluding carboxylic acids is 1. The SMILES string of the molecule is CC(Cl)C(=O)N[C@@H](CO)Cc1ccccc1. The molecule has 0 spiro atoms. The quantitative estimate of drug-likeness (QED) is 0.765. The third-order valence-electron chi connectivity index (χ3n) is 2.25. The lowest BCUT2D eigenvalue weighted by molar-refractivity contribution is -0.121. The summed E-state index contributed by atoms with van der Waals surface area (Å²) in [6.45, 7) is 1.51. The molecule has 16 heavy (non-hydrogen) atoms. The Morgan fingerprint density at radius 2 is 2.06 bits per heavy atom. The Balaban J connectivity index is 2.53. The first-order valence-corrected chi connectivity index (χ1v) is 5.66. The molecule has 0 fully saturated rings. The van der Waals surface area contributed by atoms with Crippen molar-refractivity contribution in [3.63, 3.8) is 0 Å². The normalized spacial score (nSPS) is 14.2. The van der Waals surface area contributed by atoms with Crippen molar-refractivity contribution in [1.82, 2.24) is 5.32 Å². The number of carbonyl (C=O) groups is 1. The van der Waals surface area contributed by atoms with Gasteiger partial charge in [-0.3, -0.25) is 4.79 Å². The molecule has 0 saturated carbocycles. The first-order valence-electron chi connectivity index (χ1n) is 5.22. The smallest absolute Gasteiger partial charge is 0.238 e. The monoisotopic (exact) mass is 241 g/mol. The van der Waals surface area contributed by atoms with Crippen molar-refractivity contribution in [3.8, 4) is 0 Å². The number of alkyl halides is 1. The second-order valence-corrected chi connectivity index (χ2v) is 4.35. The predicted octanol–water partition coefficient (Wildman–Crippen LogP) is 1.33. The van der Waals surface area contributed by atoms with E-state index in [1.807, 2.05) is 30.3 Å². The fourth-order valence-corrected chi connectivity index (χ4v) is 1.44. The van der Waals surface area contributed by atoms with E-state index in [0.29, 0.717) is 6.42 Å². The van der Waals surface area contributed by atoms with E-state index < -0.39 is 5.38 Å².